The summed E-state index contributed by atoms with van der Waals surface area (Å²) in [7, 11) is 1.56. The van der Waals surface area contributed by atoms with Gasteiger partial charge in [-0.2, -0.15) is 10.2 Å². The third-order valence-corrected chi connectivity index (χ3v) is 3.88. The summed E-state index contributed by atoms with van der Waals surface area (Å²) in [4.78, 5) is 12.2. The molecule has 8 nitrogen and oxygen atoms in total. The molecule has 0 radical (unpaired) electrons. The van der Waals surface area contributed by atoms with Crippen LogP contribution in [0.4, 0.5) is 5.69 Å². The van der Waals surface area contributed by atoms with E-state index in [1.54, 1.807) is 48.5 Å². The summed E-state index contributed by atoms with van der Waals surface area (Å²) in [5.41, 5.74) is 0.777. The second-order valence-electron chi connectivity index (χ2n) is 5.21. The molecule has 3 rings (SSSR count). The van der Waals surface area contributed by atoms with Crippen LogP contribution in [-0.4, -0.2) is 32.6 Å². The van der Waals surface area contributed by atoms with Crippen molar-refractivity contribution < 1.29 is 14.3 Å². The highest BCUT2D eigenvalue weighted by atomic mass is 35.5. The lowest BCUT2D eigenvalue weighted by Gasteiger charge is -2.09. The Morgan fingerprint density at radius 3 is 2.69 bits per heavy atom. The van der Waals surface area contributed by atoms with E-state index < -0.39 is 0 Å². The first kappa shape index (κ1) is 18.2. The lowest BCUT2D eigenvalue weighted by Crippen LogP contribution is -2.14. The summed E-state index contributed by atoms with van der Waals surface area (Å²) in [6, 6.07) is 6.65. The molecule has 0 bridgehead atoms. The first-order valence-corrected chi connectivity index (χ1v) is 8.25. The van der Waals surface area contributed by atoms with Gasteiger partial charge in [-0.1, -0.05) is 29.3 Å². The number of methoxy groups -OCH3 is 1. The minimum absolute atomic E-state index is 0.0580. The van der Waals surface area contributed by atoms with Crippen LogP contribution < -0.4 is 10.1 Å². The Labute approximate surface area is 159 Å². The van der Waals surface area contributed by atoms with Crippen LogP contribution in [0.5, 0.6) is 5.75 Å². The van der Waals surface area contributed by atoms with E-state index in [4.69, 9.17) is 32.7 Å². The number of carbonyl (C=O) groups excluding carboxylic acids is 1. The van der Waals surface area contributed by atoms with Gasteiger partial charge in [0.15, 0.2) is 18.2 Å². The van der Waals surface area contributed by atoms with E-state index in [1.807, 2.05) is 0 Å². The summed E-state index contributed by atoms with van der Waals surface area (Å²) in [5.74, 6) is -0.000570. The molecule has 0 aliphatic heterocycles. The molecule has 0 saturated heterocycles. The van der Waals surface area contributed by atoms with Crippen molar-refractivity contribution in [3.05, 3.63) is 58.6 Å². The molecule has 0 fully saturated rings. The topological polar surface area (TPSA) is 83.2 Å². The Bertz CT molecular complexity index is 889. The number of hydrogen-bond donors (Lipinski definition) is 1. The van der Waals surface area contributed by atoms with Crippen LogP contribution in [0.25, 0.3) is 0 Å². The van der Waals surface area contributed by atoms with Gasteiger partial charge < -0.3 is 14.8 Å². The molecule has 3 aromatic rings. The second kappa shape index (κ2) is 8.22. The summed E-state index contributed by atoms with van der Waals surface area (Å²) in [6.45, 7) is 0.356. The second-order valence-corrected chi connectivity index (χ2v) is 6.02. The highest BCUT2D eigenvalue weighted by molar-refractivity contribution is 6.37. The number of hydrogen-bond acceptors (Lipinski definition) is 5. The van der Waals surface area contributed by atoms with Crippen LogP contribution in [0.1, 0.15) is 10.5 Å². The molecular formula is C16H15Cl2N5O3. The highest BCUT2D eigenvalue weighted by Crippen LogP contribution is 2.32. The number of halogens is 2. The van der Waals surface area contributed by atoms with Crippen LogP contribution in [0.2, 0.25) is 10.0 Å². The van der Waals surface area contributed by atoms with E-state index >= 15 is 0 Å². The molecule has 0 atom stereocenters. The van der Waals surface area contributed by atoms with Gasteiger partial charge in [0.2, 0.25) is 0 Å². The largest absolute Gasteiger partial charge is 0.468 e. The first-order chi connectivity index (χ1) is 12.6. The molecule has 26 heavy (non-hydrogen) atoms. The van der Waals surface area contributed by atoms with Crippen molar-refractivity contribution in [1.82, 2.24) is 19.6 Å². The Morgan fingerprint density at radius 2 is 1.96 bits per heavy atom. The number of carbonyl (C=O) groups is 1. The summed E-state index contributed by atoms with van der Waals surface area (Å²) in [5, 5.41) is 11.7. The number of nitrogens with one attached hydrogen (secondary N) is 1. The number of para-hydroxylation sites is 1. The molecule has 0 saturated carbocycles. The minimum atomic E-state index is -0.364. The molecule has 1 amide bonds. The normalized spacial score (nSPS) is 10.7. The average molecular weight is 396 g/mol. The molecular weight excluding hydrogens is 381 g/mol. The van der Waals surface area contributed by atoms with Crippen molar-refractivity contribution in [2.24, 2.45) is 0 Å². The Hall–Kier alpha value is -2.55. The van der Waals surface area contributed by atoms with Gasteiger partial charge >= 0.3 is 0 Å². The van der Waals surface area contributed by atoms with Crippen molar-refractivity contribution in [1.29, 1.82) is 0 Å². The Morgan fingerprint density at radius 1 is 1.19 bits per heavy atom. The van der Waals surface area contributed by atoms with Crippen LogP contribution >= 0.6 is 23.2 Å². The van der Waals surface area contributed by atoms with Gasteiger partial charge in [-0.15, -0.1) is 0 Å². The highest BCUT2D eigenvalue weighted by Gasteiger charge is 2.12. The Balaban J connectivity index is 1.60. The standard InChI is InChI=1S/C16H15Cl2N5O3/c1-25-9-23-8-11(7-19-23)20-16(24)14-5-6-22(21-14)10-26-15-12(17)3-2-4-13(15)18/h2-8H,9-10H2,1H3,(H,20,24). The molecule has 136 valence electrons. The fourth-order valence-corrected chi connectivity index (χ4v) is 2.64. The van der Waals surface area contributed by atoms with Crippen LogP contribution in [0.3, 0.4) is 0 Å². The van der Waals surface area contributed by atoms with Crippen molar-refractivity contribution in [2.45, 2.75) is 13.5 Å². The predicted molar refractivity (Wildman–Crippen MR) is 96.5 cm³/mol. The van der Waals surface area contributed by atoms with Gasteiger partial charge in [-0.3, -0.25) is 4.79 Å². The maximum Gasteiger partial charge on any atom is 0.276 e. The maximum atomic E-state index is 12.2. The molecule has 0 spiro atoms. The van der Waals surface area contributed by atoms with Gasteiger partial charge in [0.1, 0.15) is 6.73 Å². The van der Waals surface area contributed by atoms with Gasteiger partial charge in [0.25, 0.3) is 5.91 Å². The van der Waals surface area contributed by atoms with Gasteiger partial charge in [-0.05, 0) is 18.2 Å². The Kier molecular flexibility index (Phi) is 5.77. The van der Waals surface area contributed by atoms with E-state index in [0.717, 1.165) is 0 Å². The lowest BCUT2D eigenvalue weighted by atomic mass is 10.3. The summed E-state index contributed by atoms with van der Waals surface area (Å²) in [6.07, 6.45) is 4.80. The monoisotopic (exact) mass is 395 g/mol. The molecule has 2 aromatic heterocycles. The third-order valence-electron chi connectivity index (χ3n) is 3.29. The fourth-order valence-electron chi connectivity index (χ4n) is 2.13. The van der Waals surface area contributed by atoms with E-state index in [1.165, 1.54) is 10.9 Å². The van der Waals surface area contributed by atoms with Gasteiger partial charge in [0.05, 0.1) is 28.1 Å². The maximum absolute atomic E-state index is 12.2. The fraction of sp³-hybridized carbons (Fsp3) is 0.188. The SMILES string of the molecule is COCn1cc(NC(=O)c2ccn(COc3c(Cl)cccc3Cl)n2)cn1. The van der Waals surface area contributed by atoms with Crippen molar-refractivity contribution >= 4 is 34.8 Å². The molecule has 0 aliphatic carbocycles. The first-order valence-electron chi connectivity index (χ1n) is 7.50. The molecule has 0 aliphatic rings. The third kappa shape index (κ3) is 4.34. The molecule has 0 unspecified atom stereocenters. The summed E-state index contributed by atoms with van der Waals surface area (Å²) < 4.78 is 13.5. The number of ether oxygens (including phenoxy) is 2. The minimum Gasteiger partial charge on any atom is -0.468 e. The number of aromatic nitrogens is 4. The number of nitrogens with zero attached hydrogens (tertiary/aromatic N) is 4. The average Bonchev–Trinajstić information content (AvgIpc) is 3.24. The number of anilines is 1. The molecule has 1 N–H and O–H groups in total. The molecule has 2 heterocycles. The number of rotatable bonds is 7. The van der Waals surface area contributed by atoms with Crippen molar-refractivity contribution in [3.8, 4) is 5.75 Å². The van der Waals surface area contributed by atoms with Crippen LogP contribution in [-0.2, 0) is 18.2 Å². The van der Waals surface area contributed by atoms with E-state index in [-0.39, 0.29) is 18.3 Å². The summed E-state index contributed by atoms with van der Waals surface area (Å²) >= 11 is 12.1. The zero-order chi connectivity index (χ0) is 18.5. The van der Waals surface area contributed by atoms with E-state index in [2.05, 4.69) is 15.5 Å². The molecule has 10 heteroatoms. The van der Waals surface area contributed by atoms with E-state index in [9.17, 15) is 4.79 Å². The number of amides is 1. The van der Waals surface area contributed by atoms with Gasteiger partial charge in [-0.25, -0.2) is 9.36 Å². The zero-order valence-corrected chi connectivity index (χ0v) is 15.2. The molecule has 1 aromatic carbocycles. The van der Waals surface area contributed by atoms with Gasteiger partial charge in [0, 0.05) is 13.3 Å². The zero-order valence-electron chi connectivity index (χ0n) is 13.7. The van der Waals surface area contributed by atoms with Crippen LogP contribution in [0, 0.1) is 0 Å². The lowest BCUT2D eigenvalue weighted by molar-refractivity contribution is 0.102. The van der Waals surface area contributed by atoms with E-state index in [0.29, 0.717) is 28.2 Å². The van der Waals surface area contributed by atoms with Crippen molar-refractivity contribution in [2.75, 3.05) is 12.4 Å². The smallest absolute Gasteiger partial charge is 0.276 e. The van der Waals surface area contributed by atoms with Crippen LogP contribution in [0.15, 0.2) is 42.9 Å². The number of benzene rings is 1. The predicted octanol–water partition coefficient (Wildman–Crippen LogP) is 3.28. The van der Waals surface area contributed by atoms with Crippen molar-refractivity contribution in [3.63, 3.8) is 0 Å². The quantitative estimate of drug-likeness (QED) is 0.663.